The maximum absolute atomic E-state index is 9.95. The van der Waals surface area contributed by atoms with Crippen LogP contribution < -0.4 is 10.6 Å². The van der Waals surface area contributed by atoms with Gasteiger partial charge in [0.15, 0.2) is 0 Å². The van der Waals surface area contributed by atoms with E-state index in [0.717, 1.165) is 22.3 Å². The van der Waals surface area contributed by atoms with E-state index in [1.165, 1.54) is 0 Å². The molecule has 0 radical (unpaired) electrons. The van der Waals surface area contributed by atoms with Gasteiger partial charge in [-0.15, -0.1) is 0 Å². The Hall–Kier alpha value is -0.793. The molecule has 1 aromatic carbocycles. The number of hydrogen-bond acceptors (Lipinski definition) is 4. The van der Waals surface area contributed by atoms with Crippen molar-refractivity contribution in [2.24, 2.45) is 0 Å². The Morgan fingerprint density at radius 1 is 1.21 bits per heavy atom. The summed E-state index contributed by atoms with van der Waals surface area (Å²) in [4.78, 5) is 0.792. The molecule has 3 N–H and O–H groups in total. The van der Waals surface area contributed by atoms with Gasteiger partial charge >= 0.3 is 0 Å². The quantitative estimate of drug-likeness (QED) is 0.390. The molecular weight excluding hydrogens is 336 g/mol. The van der Waals surface area contributed by atoms with Crippen molar-refractivity contribution >= 4 is 25.3 Å². The van der Waals surface area contributed by atoms with Crippen LogP contribution in [-0.2, 0) is 4.74 Å². The molecule has 0 heterocycles. The van der Waals surface area contributed by atoms with Crippen molar-refractivity contribution in [3.05, 3.63) is 35.4 Å². The Morgan fingerprint density at radius 3 is 2.21 bits per heavy atom. The van der Waals surface area contributed by atoms with Gasteiger partial charge in [-0.25, -0.2) is 0 Å². The lowest BCUT2D eigenvalue weighted by Gasteiger charge is -2.27. The minimum Gasteiger partial charge on any atom is -0.379 e. The van der Waals surface area contributed by atoms with Crippen LogP contribution in [0.25, 0.3) is 0 Å². The van der Waals surface area contributed by atoms with Gasteiger partial charge in [0.05, 0.1) is 13.7 Å². The summed E-state index contributed by atoms with van der Waals surface area (Å²) in [7, 11) is -1.17. The lowest BCUT2D eigenvalue weighted by molar-refractivity contribution is -0.185. The Bertz CT molecular complexity index is 535. The molecule has 6 heteroatoms. The van der Waals surface area contributed by atoms with Crippen LogP contribution in [0, 0.1) is 0 Å². The van der Waals surface area contributed by atoms with E-state index in [1.54, 1.807) is 0 Å². The predicted octanol–water partition coefficient (Wildman–Crippen LogP) is 3.57. The van der Waals surface area contributed by atoms with Gasteiger partial charge in [0.25, 0.3) is 0 Å². The van der Waals surface area contributed by atoms with Gasteiger partial charge in [-0.05, 0) is 33.3 Å². The molecule has 136 valence electrons. The minimum atomic E-state index is -1.17. The average Bonchev–Trinajstić information content (AvgIpc) is 2.42. The maximum Gasteiger partial charge on any atom is 0.214 e. The van der Waals surface area contributed by atoms with Gasteiger partial charge in [0, 0.05) is 17.8 Å². The zero-order valence-electron chi connectivity index (χ0n) is 15.9. The van der Waals surface area contributed by atoms with Crippen molar-refractivity contribution in [2.45, 2.75) is 65.4 Å². The number of thiocarbonyl (C=S) groups is 1. The van der Waals surface area contributed by atoms with Crippen LogP contribution in [0.3, 0.4) is 0 Å². The molecule has 1 rings (SSSR count). The summed E-state index contributed by atoms with van der Waals surface area (Å²) in [6, 6.07) is 8.06. The normalized spacial score (nSPS) is 15.0. The Kier molecular flexibility index (Phi) is 7.56. The van der Waals surface area contributed by atoms with Crippen LogP contribution in [-0.4, -0.2) is 36.4 Å². The fourth-order valence-corrected chi connectivity index (χ4v) is 3.09. The third-order valence-corrected chi connectivity index (χ3v) is 4.93. The van der Waals surface area contributed by atoms with Gasteiger partial charge in [0.2, 0.25) is 6.41 Å². The van der Waals surface area contributed by atoms with E-state index in [4.69, 9.17) is 17.0 Å². The number of nitrogens with one attached hydrogen (secondary N) is 2. The van der Waals surface area contributed by atoms with Crippen molar-refractivity contribution in [1.29, 1.82) is 0 Å². The SMILES string of the molecule is C[C@H](NC(O)OC(C)(C)C)c1ccc(C(=S)NC[Si](C)(C)C)cc1. The molecule has 24 heavy (non-hydrogen) atoms. The standard InChI is InChI=1S/C18H32N2O2SSi/c1-13(20-17(21)22-18(2,3)4)14-8-10-15(11-9-14)16(23)19-12-24(5,6)7/h8-11,13,17,20-21H,12H2,1-7H3,(H,19,23)/t13-,17?/m0/s1. The Morgan fingerprint density at radius 2 is 1.75 bits per heavy atom. The van der Waals surface area contributed by atoms with Gasteiger partial charge < -0.3 is 15.2 Å². The number of aliphatic hydroxyl groups excluding tert-OH is 1. The van der Waals surface area contributed by atoms with Crippen LogP contribution in [0.2, 0.25) is 19.6 Å². The van der Waals surface area contributed by atoms with Gasteiger partial charge in [-0.1, -0.05) is 56.1 Å². The molecule has 2 atom stereocenters. The van der Waals surface area contributed by atoms with E-state index in [0.29, 0.717) is 0 Å². The zero-order chi connectivity index (χ0) is 18.5. The fraction of sp³-hybridized carbons (Fsp3) is 0.611. The molecule has 0 aromatic heterocycles. The lowest BCUT2D eigenvalue weighted by Crippen LogP contribution is -2.39. The highest BCUT2D eigenvalue weighted by molar-refractivity contribution is 7.80. The van der Waals surface area contributed by atoms with Crippen LogP contribution in [0.15, 0.2) is 24.3 Å². The molecule has 0 fully saturated rings. The summed E-state index contributed by atoms with van der Waals surface area (Å²) in [5.41, 5.74) is 1.69. The summed E-state index contributed by atoms with van der Waals surface area (Å²) in [5, 5.41) is 16.3. The first-order valence-corrected chi connectivity index (χ1v) is 12.5. The number of ether oxygens (including phenoxy) is 1. The van der Waals surface area contributed by atoms with Crippen molar-refractivity contribution in [1.82, 2.24) is 10.6 Å². The van der Waals surface area contributed by atoms with E-state index < -0.39 is 20.1 Å². The lowest BCUT2D eigenvalue weighted by atomic mass is 10.1. The summed E-state index contributed by atoms with van der Waals surface area (Å²) < 4.78 is 5.47. The van der Waals surface area contributed by atoms with Gasteiger partial charge in [-0.3, -0.25) is 5.32 Å². The second kappa shape index (κ2) is 8.54. The van der Waals surface area contributed by atoms with E-state index in [2.05, 4.69) is 30.3 Å². The molecule has 0 aliphatic rings. The molecular formula is C18H32N2O2SSi. The summed E-state index contributed by atoms with van der Waals surface area (Å²) in [6.45, 7) is 14.6. The van der Waals surface area contributed by atoms with Crippen molar-refractivity contribution < 1.29 is 9.84 Å². The van der Waals surface area contributed by atoms with E-state index in [-0.39, 0.29) is 6.04 Å². The molecule has 0 spiro atoms. The van der Waals surface area contributed by atoms with Gasteiger partial charge in [-0.2, -0.15) is 0 Å². The summed E-state index contributed by atoms with van der Waals surface area (Å²) in [6.07, 6.45) is -0.0267. The van der Waals surface area contributed by atoms with Crippen LogP contribution in [0.5, 0.6) is 0 Å². The second-order valence-corrected chi connectivity index (χ2v) is 14.2. The fourth-order valence-electron chi connectivity index (χ4n) is 2.05. The van der Waals surface area contributed by atoms with Crippen LogP contribution in [0.1, 0.15) is 44.9 Å². The first-order valence-electron chi connectivity index (χ1n) is 8.37. The Labute approximate surface area is 153 Å². The molecule has 1 aromatic rings. The third-order valence-electron chi connectivity index (χ3n) is 3.31. The Balaban J connectivity index is 2.61. The van der Waals surface area contributed by atoms with E-state index in [9.17, 15) is 5.11 Å². The van der Waals surface area contributed by atoms with E-state index in [1.807, 2.05) is 52.0 Å². The zero-order valence-corrected chi connectivity index (χ0v) is 17.8. The summed E-state index contributed by atoms with van der Waals surface area (Å²) in [5.74, 6) is 0. The first kappa shape index (κ1) is 21.2. The van der Waals surface area contributed by atoms with Crippen LogP contribution in [0.4, 0.5) is 0 Å². The molecule has 0 aliphatic heterocycles. The highest BCUT2D eigenvalue weighted by Gasteiger charge is 2.19. The van der Waals surface area contributed by atoms with E-state index >= 15 is 0 Å². The minimum absolute atomic E-state index is 0.0279. The molecule has 1 unspecified atom stereocenters. The topological polar surface area (TPSA) is 53.5 Å². The second-order valence-electron chi connectivity index (χ2n) is 8.34. The molecule has 0 bridgehead atoms. The number of benzene rings is 1. The van der Waals surface area contributed by atoms with Crippen molar-refractivity contribution in [2.75, 3.05) is 6.17 Å². The predicted molar refractivity (Wildman–Crippen MR) is 108 cm³/mol. The first-order chi connectivity index (χ1) is 10.9. The van der Waals surface area contributed by atoms with Gasteiger partial charge in [0.1, 0.15) is 4.99 Å². The number of aliphatic hydroxyl groups is 1. The molecule has 0 saturated carbocycles. The highest BCUT2D eigenvalue weighted by Crippen LogP contribution is 2.16. The highest BCUT2D eigenvalue weighted by atomic mass is 32.1. The van der Waals surface area contributed by atoms with Crippen molar-refractivity contribution in [3.63, 3.8) is 0 Å². The summed E-state index contributed by atoms with van der Waals surface area (Å²) >= 11 is 5.46. The largest absolute Gasteiger partial charge is 0.379 e. The number of hydrogen-bond donors (Lipinski definition) is 3. The molecule has 0 saturated heterocycles. The smallest absolute Gasteiger partial charge is 0.214 e. The monoisotopic (exact) mass is 368 g/mol. The molecule has 0 amide bonds. The number of rotatable bonds is 7. The third kappa shape index (κ3) is 8.35. The molecule has 4 nitrogen and oxygen atoms in total. The molecule has 0 aliphatic carbocycles. The van der Waals surface area contributed by atoms with Crippen LogP contribution >= 0.6 is 12.2 Å². The average molecular weight is 369 g/mol. The van der Waals surface area contributed by atoms with Crippen molar-refractivity contribution in [3.8, 4) is 0 Å². The maximum atomic E-state index is 9.95.